The molecule has 1 rings (SSSR count). The van der Waals surface area contributed by atoms with Crippen molar-refractivity contribution >= 4 is 21.6 Å². The van der Waals surface area contributed by atoms with Gasteiger partial charge in [0, 0.05) is 6.54 Å². The Hall–Kier alpha value is -1.56. The van der Waals surface area contributed by atoms with Crippen molar-refractivity contribution in [3.63, 3.8) is 0 Å². The zero-order valence-electron chi connectivity index (χ0n) is 14.9. The van der Waals surface area contributed by atoms with Gasteiger partial charge in [0.05, 0.1) is 11.9 Å². The van der Waals surface area contributed by atoms with E-state index in [0.717, 1.165) is 16.1 Å². The predicted molar refractivity (Wildman–Crippen MR) is 95.2 cm³/mol. The molecular weight excluding hydrogens is 312 g/mol. The van der Waals surface area contributed by atoms with E-state index in [2.05, 4.69) is 26.1 Å². The number of nitrogens with zero attached hydrogens (tertiary/aromatic N) is 1. The second-order valence-corrected chi connectivity index (χ2v) is 9.17. The molecule has 1 aromatic carbocycles. The summed E-state index contributed by atoms with van der Waals surface area (Å²) in [5, 5.41) is 2.75. The van der Waals surface area contributed by atoms with Crippen molar-refractivity contribution in [2.45, 2.75) is 40.0 Å². The van der Waals surface area contributed by atoms with Gasteiger partial charge in [-0.25, -0.2) is 8.42 Å². The smallest absolute Gasteiger partial charge is 0.240 e. The maximum Gasteiger partial charge on any atom is 0.240 e. The van der Waals surface area contributed by atoms with Gasteiger partial charge in [-0.2, -0.15) is 0 Å². The van der Waals surface area contributed by atoms with E-state index in [1.54, 1.807) is 12.1 Å². The summed E-state index contributed by atoms with van der Waals surface area (Å²) in [5.74, 6) is 0.0146. The Morgan fingerprint density at radius 1 is 1.17 bits per heavy atom. The van der Waals surface area contributed by atoms with Crippen LogP contribution in [0.4, 0.5) is 5.69 Å². The number of sulfonamides is 1. The summed E-state index contributed by atoms with van der Waals surface area (Å²) >= 11 is 0. The Morgan fingerprint density at radius 2 is 1.70 bits per heavy atom. The van der Waals surface area contributed by atoms with Gasteiger partial charge in [-0.3, -0.25) is 9.10 Å². The normalized spacial score (nSPS) is 12.3. The number of rotatable bonds is 6. The second-order valence-electron chi connectivity index (χ2n) is 7.26. The molecule has 6 heteroatoms. The largest absolute Gasteiger partial charge is 0.354 e. The standard InChI is InChI=1S/C17H28N2O3S/c1-13(2)11-18-16(20)12-19(23(6,21)22)15-9-7-14(8-10-15)17(3,4)5/h7-10,13H,11-12H2,1-6H3,(H,18,20). The molecule has 0 aliphatic heterocycles. The minimum Gasteiger partial charge on any atom is -0.354 e. The Balaban J connectivity index is 2.98. The lowest BCUT2D eigenvalue weighted by atomic mass is 9.87. The van der Waals surface area contributed by atoms with E-state index in [4.69, 9.17) is 0 Å². The molecule has 1 amide bonds. The molecule has 0 unspecified atom stereocenters. The molecule has 0 aliphatic carbocycles. The Morgan fingerprint density at radius 3 is 2.09 bits per heavy atom. The fourth-order valence-corrected chi connectivity index (χ4v) is 2.89. The number of anilines is 1. The molecule has 0 saturated carbocycles. The van der Waals surface area contributed by atoms with Gasteiger partial charge in [0.2, 0.25) is 15.9 Å². The Kier molecular flexibility index (Phi) is 6.22. The number of amides is 1. The molecule has 1 aromatic rings. The van der Waals surface area contributed by atoms with E-state index in [1.807, 2.05) is 26.0 Å². The van der Waals surface area contributed by atoms with Crippen LogP contribution in [0.15, 0.2) is 24.3 Å². The fraction of sp³-hybridized carbons (Fsp3) is 0.588. The third kappa shape index (κ3) is 6.22. The van der Waals surface area contributed by atoms with Crippen molar-refractivity contribution in [2.75, 3.05) is 23.7 Å². The van der Waals surface area contributed by atoms with Crippen LogP contribution in [0.25, 0.3) is 0 Å². The quantitative estimate of drug-likeness (QED) is 0.865. The van der Waals surface area contributed by atoms with Crippen LogP contribution in [0.1, 0.15) is 40.2 Å². The lowest BCUT2D eigenvalue weighted by Gasteiger charge is -2.24. The SMILES string of the molecule is CC(C)CNC(=O)CN(c1ccc(C(C)(C)C)cc1)S(C)(=O)=O. The third-order valence-corrected chi connectivity index (χ3v) is 4.56. The fourth-order valence-electron chi connectivity index (χ4n) is 2.03. The first kappa shape index (κ1) is 19.5. The van der Waals surface area contributed by atoms with Gasteiger partial charge in [-0.05, 0) is 29.0 Å². The number of hydrogen-bond donors (Lipinski definition) is 1. The van der Waals surface area contributed by atoms with Crippen molar-refractivity contribution in [1.29, 1.82) is 0 Å². The number of nitrogens with one attached hydrogen (secondary N) is 1. The molecule has 0 heterocycles. The highest BCUT2D eigenvalue weighted by Gasteiger charge is 2.21. The topological polar surface area (TPSA) is 66.5 Å². The number of carbonyl (C=O) groups excluding carboxylic acids is 1. The van der Waals surface area contributed by atoms with Crippen LogP contribution in [-0.4, -0.2) is 33.7 Å². The van der Waals surface area contributed by atoms with Gasteiger partial charge in [0.1, 0.15) is 6.54 Å². The first-order valence-electron chi connectivity index (χ1n) is 7.76. The van der Waals surface area contributed by atoms with Crippen molar-refractivity contribution in [3.8, 4) is 0 Å². The van der Waals surface area contributed by atoms with Gasteiger partial charge in [0.15, 0.2) is 0 Å². The van der Waals surface area contributed by atoms with Crippen molar-refractivity contribution in [2.24, 2.45) is 5.92 Å². The van der Waals surface area contributed by atoms with Crippen molar-refractivity contribution in [3.05, 3.63) is 29.8 Å². The van der Waals surface area contributed by atoms with Crippen LogP contribution in [0.3, 0.4) is 0 Å². The molecule has 0 spiro atoms. The van der Waals surface area contributed by atoms with Crippen LogP contribution in [0.2, 0.25) is 0 Å². The van der Waals surface area contributed by atoms with E-state index in [9.17, 15) is 13.2 Å². The summed E-state index contributed by atoms with van der Waals surface area (Å²) in [6.45, 7) is 10.6. The van der Waals surface area contributed by atoms with Gasteiger partial charge in [0.25, 0.3) is 0 Å². The number of hydrogen-bond acceptors (Lipinski definition) is 3. The minimum absolute atomic E-state index is 0.0108. The highest BCUT2D eigenvalue weighted by molar-refractivity contribution is 7.92. The average molecular weight is 340 g/mol. The highest BCUT2D eigenvalue weighted by atomic mass is 32.2. The molecule has 0 radical (unpaired) electrons. The van der Waals surface area contributed by atoms with Crippen molar-refractivity contribution < 1.29 is 13.2 Å². The molecule has 0 atom stereocenters. The molecule has 23 heavy (non-hydrogen) atoms. The summed E-state index contributed by atoms with van der Waals surface area (Å²) in [4.78, 5) is 12.0. The average Bonchev–Trinajstić information content (AvgIpc) is 2.40. The van der Waals surface area contributed by atoms with E-state index in [1.165, 1.54) is 0 Å². The summed E-state index contributed by atoms with van der Waals surface area (Å²) in [5.41, 5.74) is 1.60. The van der Waals surface area contributed by atoms with Gasteiger partial charge >= 0.3 is 0 Å². The van der Waals surface area contributed by atoms with Gasteiger partial charge < -0.3 is 5.32 Å². The van der Waals surface area contributed by atoms with Crippen LogP contribution in [0.5, 0.6) is 0 Å². The lowest BCUT2D eigenvalue weighted by Crippen LogP contribution is -2.41. The molecule has 1 N–H and O–H groups in total. The van der Waals surface area contributed by atoms with Gasteiger partial charge in [-0.15, -0.1) is 0 Å². The molecule has 0 bridgehead atoms. The molecule has 5 nitrogen and oxygen atoms in total. The molecular formula is C17H28N2O3S. The maximum atomic E-state index is 12.0. The summed E-state index contributed by atoms with van der Waals surface area (Å²) < 4.78 is 25.2. The first-order valence-corrected chi connectivity index (χ1v) is 9.61. The summed E-state index contributed by atoms with van der Waals surface area (Å²) in [6, 6.07) is 7.30. The Bertz CT molecular complexity index is 629. The van der Waals surface area contributed by atoms with Crippen LogP contribution in [-0.2, 0) is 20.2 Å². The molecule has 0 aliphatic rings. The highest BCUT2D eigenvalue weighted by Crippen LogP contribution is 2.25. The van der Waals surface area contributed by atoms with E-state index in [0.29, 0.717) is 18.2 Å². The van der Waals surface area contributed by atoms with E-state index in [-0.39, 0.29) is 17.9 Å². The van der Waals surface area contributed by atoms with Crippen molar-refractivity contribution in [1.82, 2.24) is 5.32 Å². The zero-order chi connectivity index (χ0) is 17.8. The molecule has 0 aromatic heterocycles. The molecule has 130 valence electrons. The molecule has 0 saturated heterocycles. The monoisotopic (exact) mass is 340 g/mol. The second kappa shape index (κ2) is 7.34. The maximum absolute atomic E-state index is 12.0. The summed E-state index contributed by atoms with van der Waals surface area (Å²) in [6.07, 6.45) is 1.11. The first-order chi connectivity index (χ1) is 10.4. The molecule has 0 fully saturated rings. The minimum atomic E-state index is -3.53. The van der Waals surface area contributed by atoms with E-state index < -0.39 is 10.0 Å². The zero-order valence-corrected chi connectivity index (χ0v) is 15.7. The van der Waals surface area contributed by atoms with Crippen LogP contribution in [0, 0.1) is 5.92 Å². The number of carbonyl (C=O) groups is 1. The Labute approximate surface area is 140 Å². The lowest BCUT2D eigenvalue weighted by molar-refractivity contribution is -0.119. The van der Waals surface area contributed by atoms with Gasteiger partial charge in [-0.1, -0.05) is 46.8 Å². The summed E-state index contributed by atoms with van der Waals surface area (Å²) in [7, 11) is -3.53. The number of benzene rings is 1. The van der Waals surface area contributed by atoms with E-state index >= 15 is 0 Å². The predicted octanol–water partition coefficient (Wildman–Crippen LogP) is 2.52. The third-order valence-electron chi connectivity index (χ3n) is 3.42. The van der Waals surface area contributed by atoms with Crippen LogP contribution >= 0.6 is 0 Å². The van der Waals surface area contributed by atoms with Crippen LogP contribution < -0.4 is 9.62 Å².